The van der Waals surface area contributed by atoms with Crippen molar-refractivity contribution in [2.45, 2.75) is 64.1 Å². The maximum absolute atomic E-state index is 13.1. The molecule has 42 heavy (non-hydrogen) atoms. The average Bonchev–Trinajstić information content (AvgIpc) is 3.57. The summed E-state index contributed by atoms with van der Waals surface area (Å²) in [5.74, 6) is 0.441. The lowest BCUT2D eigenvalue weighted by atomic mass is 10.0. The van der Waals surface area contributed by atoms with E-state index in [0.717, 1.165) is 30.4 Å². The minimum Gasteiger partial charge on any atom is -0.494 e. The largest absolute Gasteiger partial charge is 0.494 e. The molecule has 1 amide bonds. The topological polar surface area (TPSA) is 124 Å². The van der Waals surface area contributed by atoms with Crippen LogP contribution in [0.1, 0.15) is 37.8 Å². The van der Waals surface area contributed by atoms with Crippen molar-refractivity contribution in [3.8, 4) is 5.75 Å². The van der Waals surface area contributed by atoms with Gasteiger partial charge in [-0.25, -0.2) is 21.9 Å². The number of benzene rings is 2. The van der Waals surface area contributed by atoms with Gasteiger partial charge in [-0.1, -0.05) is 38.1 Å². The van der Waals surface area contributed by atoms with Gasteiger partial charge in [-0.05, 0) is 67.0 Å². The first-order valence-corrected chi connectivity index (χ1v) is 15.5. The van der Waals surface area contributed by atoms with E-state index in [1.807, 2.05) is 38.1 Å². The normalized spacial score (nSPS) is 21.5. The van der Waals surface area contributed by atoms with Gasteiger partial charge >= 0.3 is 6.09 Å². The number of alkyl carbamates (subject to hydrolysis) is 1. The standard InChI is InChI=1S/C30H41FN2O8S/c1-20(2)17-33(42(36)37)18-27(34)26(32-30(35)41-28-19-40-29-25(28)13-15-39-29)16-22-7-11-24(12-8-22)38-14-3-4-21-5-9-23(31)10-6-21/h5-12,20,25-29,34,42H,3-4,13-19H2,1-2H3,(H,32,35)/t25-,26-,27+,28-,29+/m0/s1. The monoisotopic (exact) mass is 608 g/mol. The van der Waals surface area contributed by atoms with Gasteiger partial charge in [0.1, 0.15) is 17.7 Å². The number of nitrogens with one attached hydrogen (secondary N) is 1. The van der Waals surface area contributed by atoms with E-state index in [1.54, 1.807) is 12.1 Å². The fourth-order valence-electron chi connectivity index (χ4n) is 5.22. The van der Waals surface area contributed by atoms with Gasteiger partial charge < -0.3 is 29.4 Å². The summed E-state index contributed by atoms with van der Waals surface area (Å²) in [4.78, 5) is 12.9. The van der Waals surface area contributed by atoms with Gasteiger partial charge in [0.2, 0.25) is 10.9 Å². The van der Waals surface area contributed by atoms with Crippen LogP contribution >= 0.6 is 0 Å². The van der Waals surface area contributed by atoms with E-state index in [-0.39, 0.29) is 50.1 Å². The number of carbonyl (C=O) groups is 1. The second kappa shape index (κ2) is 15.6. The number of fused-ring (bicyclic) bond motifs is 1. The molecule has 10 nitrogen and oxygen atoms in total. The number of rotatable bonds is 15. The van der Waals surface area contributed by atoms with Crippen LogP contribution in [-0.2, 0) is 37.9 Å². The van der Waals surface area contributed by atoms with Crippen molar-refractivity contribution in [1.29, 1.82) is 0 Å². The van der Waals surface area contributed by atoms with Crippen molar-refractivity contribution in [3.63, 3.8) is 0 Å². The van der Waals surface area contributed by atoms with Gasteiger partial charge in [0.05, 0.1) is 37.9 Å². The summed E-state index contributed by atoms with van der Waals surface area (Å²) in [5.41, 5.74) is 1.85. The summed E-state index contributed by atoms with van der Waals surface area (Å²) in [6.07, 6.45) is -0.212. The lowest BCUT2D eigenvalue weighted by Crippen LogP contribution is -2.50. The third-order valence-electron chi connectivity index (χ3n) is 7.39. The zero-order chi connectivity index (χ0) is 30.1. The van der Waals surface area contributed by atoms with Crippen molar-refractivity contribution in [2.24, 2.45) is 11.8 Å². The van der Waals surface area contributed by atoms with Gasteiger partial charge in [-0.15, -0.1) is 0 Å². The highest BCUT2D eigenvalue weighted by atomic mass is 32.2. The summed E-state index contributed by atoms with van der Waals surface area (Å²) in [6, 6.07) is 12.9. The van der Waals surface area contributed by atoms with Crippen molar-refractivity contribution >= 4 is 17.0 Å². The van der Waals surface area contributed by atoms with Gasteiger partial charge in [0.15, 0.2) is 6.29 Å². The quantitative estimate of drug-likeness (QED) is 0.208. The second-order valence-corrected chi connectivity index (χ2v) is 12.3. The molecule has 12 heteroatoms. The Bertz CT molecular complexity index is 1200. The molecule has 232 valence electrons. The van der Waals surface area contributed by atoms with Crippen LogP contribution in [0.25, 0.3) is 0 Å². The van der Waals surface area contributed by atoms with Crippen molar-refractivity contribution in [2.75, 3.05) is 32.9 Å². The summed E-state index contributed by atoms with van der Waals surface area (Å²) in [7, 11) is -2.91. The van der Waals surface area contributed by atoms with E-state index in [1.165, 1.54) is 16.4 Å². The second-order valence-electron chi connectivity index (χ2n) is 11.2. The molecule has 0 aromatic heterocycles. The van der Waals surface area contributed by atoms with Crippen molar-refractivity contribution < 1.29 is 41.7 Å². The lowest BCUT2D eigenvalue weighted by Gasteiger charge is -2.28. The molecule has 2 aliphatic heterocycles. The maximum Gasteiger partial charge on any atom is 0.407 e. The van der Waals surface area contributed by atoms with E-state index < -0.39 is 35.2 Å². The highest BCUT2D eigenvalue weighted by Gasteiger charge is 2.44. The first-order valence-electron chi connectivity index (χ1n) is 14.4. The molecule has 2 saturated heterocycles. The molecule has 0 spiro atoms. The van der Waals surface area contributed by atoms with Crippen LogP contribution in [0.3, 0.4) is 0 Å². The van der Waals surface area contributed by atoms with E-state index in [4.69, 9.17) is 18.9 Å². The molecule has 2 N–H and O–H groups in total. The molecule has 2 aliphatic rings. The van der Waals surface area contributed by atoms with Gasteiger partial charge in [-0.2, -0.15) is 0 Å². The third kappa shape index (κ3) is 9.63. The minimum atomic E-state index is -2.91. The molecule has 5 atom stereocenters. The Morgan fingerprint density at radius 1 is 1.10 bits per heavy atom. The maximum atomic E-state index is 13.1. The minimum absolute atomic E-state index is 0.0339. The molecule has 0 aliphatic carbocycles. The first-order chi connectivity index (χ1) is 20.2. The van der Waals surface area contributed by atoms with Gasteiger partial charge in [-0.3, -0.25) is 0 Å². The van der Waals surface area contributed by atoms with Crippen LogP contribution < -0.4 is 10.1 Å². The predicted molar refractivity (Wildman–Crippen MR) is 154 cm³/mol. The molecule has 0 saturated carbocycles. The van der Waals surface area contributed by atoms with E-state index in [2.05, 4.69) is 5.32 Å². The molecule has 2 aromatic rings. The Labute approximate surface area is 248 Å². The number of thiol groups is 1. The van der Waals surface area contributed by atoms with E-state index in [9.17, 15) is 22.7 Å². The molecular weight excluding hydrogens is 567 g/mol. The molecule has 0 bridgehead atoms. The first kappa shape index (κ1) is 32.2. The molecule has 2 heterocycles. The molecule has 0 radical (unpaired) electrons. The van der Waals surface area contributed by atoms with Crippen LogP contribution in [-0.4, -0.2) is 81.4 Å². The molecular formula is C30H41FN2O8S. The number of carbonyl (C=O) groups excluding carboxylic acids is 1. The average molecular weight is 609 g/mol. The fraction of sp³-hybridized carbons (Fsp3) is 0.567. The summed E-state index contributed by atoms with van der Waals surface area (Å²) < 4.78 is 60.4. The number of ether oxygens (including phenoxy) is 4. The summed E-state index contributed by atoms with van der Waals surface area (Å²) in [5, 5.41) is 13.9. The number of nitrogens with zero attached hydrogens (tertiary/aromatic N) is 1. The number of aryl methyl sites for hydroxylation is 1. The van der Waals surface area contributed by atoms with Crippen LogP contribution in [0.15, 0.2) is 48.5 Å². The number of hydrogen-bond acceptors (Lipinski definition) is 8. The third-order valence-corrected chi connectivity index (χ3v) is 8.18. The van der Waals surface area contributed by atoms with E-state index >= 15 is 0 Å². The Balaban J connectivity index is 1.34. The SMILES string of the molecule is CC(C)CN(C[C@@H](O)[C@H](Cc1ccc(OCCCc2ccc(F)cc2)cc1)NC(=O)O[C@H]1CO[C@H]2OCC[C@H]21)[SH](=O)=O. The fourth-order valence-corrected chi connectivity index (χ4v) is 5.98. The van der Waals surface area contributed by atoms with Crippen LogP contribution in [0.2, 0.25) is 0 Å². The van der Waals surface area contributed by atoms with Crippen molar-refractivity contribution in [1.82, 2.24) is 9.62 Å². The number of halogens is 1. The van der Waals surface area contributed by atoms with Crippen molar-refractivity contribution in [3.05, 3.63) is 65.5 Å². The Kier molecular flexibility index (Phi) is 12.0. The lowest BCUT2D eigenvalue weighted by molar-refractivity contribution is -0.0907. The highest BCUT2D eigenvalue weighted by molar-refractivity contribution is 7.69. The van der Waals surface area contributed by atoms with Crippen LogP contribution in [0.5, 0.6) is 5.75 Å². The molecule has 2 fully saturated rings. The zero-order valence-corrected chi connectivity index (χ0v) is 24.9. The Morgan fingerprint density at radius 3 is 2.50 bits per heavy atom. The van der Waals surface area contributed by atoms with E-state index in [0.29, 0.717) is 19.0 Å². The number of aliphatic hydroxyl groups excluding tert-OH is 1. The number of amides is 1. The summed E-state index contributed by atoms with van der Waals surface area (Å²) in [6.45, 7) is 5.14. The molecule has 2 aromatic carbocycles. The van der Waals surface area contributed by atoms with Gasteiger partial charge in [0.25, 0.3) is 0 Å². The Morgan fingerprint density at radius 2 is 1.81 bits per heavy atom. The predicted octanol–water partition coefficient (Wildman–Crippen LogP) is 3.08. The number of aliphatic hydroxyl groups is 1. The Hall–Kier alpha value is -2.77. The van der Waals surface area contributed by atoms with Crippen LogP contribution in [0.4, 0.5) is 9.18 Å². The molecule has 4 rings (SSSR count). The summed E-state index contributed by atoms with van der Waals surface area (Å²) >= 11 is 0. The van der Waals surface area contributed by atoms with Crippen LogP contribution in [0, 0.1) is 17.7 Å². The van der Waals surface area contributed by atoms with Gasteiger partial charge in [0, 0.05) is 13.1 Å². The smallest absolute Gasteiger partial charge is 0.407 e. The number of hydrogen-bond donors (Lipinski definition) is 3. The highest BCUT2D eigenvalue weighted by Crippen LogP contribution is 2.33. The molecule has 0 unspecified atom stereocenters. The zero-order valence-electron chi connectivity index (χ0n) is 24.0.